The number of halogens is 6. The van der Waals surface area contributed by atoms with Gasteiger partial charge in [-0.25, -0.2) is 18.2 Å². The van der Waals surface area contributed by atoms with Gasteiger partial charge in [0.25, 0.3) is 12.3 Å². The minimum absolute atomic E-state index is 0.0377. The number of nitrogens with zero attached hydrogens (tertiary/aromatic N) is 2. The van der Waals surface area contributed by atoms with Crippen molar-refractivity contribution in [2.24, 2.45) is 10.7 Å². The molecule has 0 aliphatic carbocycles. The molecule has 0 saturated heterocycles. The Kier molecular flexibility index (Phi) is 7.06. The number of amides is 1. The van der Waals surface area contributed by atoms with Gasteiger partial charge in [0, 0.05) is 11.3 Å². The lowest BCUT2D eigenvalue weighted by molar-refractivity contribution is -0.153. The number of nitrogens with two attached hydrogens (primary N) is 1. The van der Waals surface area contributed by atoms with Crippen LogP contribution in [-0.4, -0.2) is 40.0 Å². The summed E-state index contributed by atoms with van der Waals surface area (Å²) in [5.41, 5.74) is 4.31. The number of thioether (sulfide) groups is 1. The van der Waals surface area contributed by atoms with Crippen LogP contribution >= 0.6 is 11.8 Å². The number of carbonyl (C=O) groups excluding carboxylic acids is 1. The second kappa shape index (κ2) is 9.35. The Morgan fingerprint density at radius 2 is 1.97 bits per heavy atom. The van der Waals surface area contributed by atoms with Crippen molar-refractivity contribution in [2.45, 2.75) is 43.2 Å². The number of anilines is 1. The quantitative estimate of drug-likeness (QED) is 0.532. The lowest BCUT2D eigenvalue weighted by Crippen LogP contribution is -2.44. The molecule has 3 N–H and O–H groups in total. The summed E-state index contributed by atoms with van der Waals surface area (Å²) in [5, 5.41) is 2.38. The Balaban J connectivity index is 1.80. The minimum Gasteiger partial charge on any atom is -0.483 e. The Bertz CT molecular complexity index is 1100. The molecule has 0 unspecified atom stereocenters. The third-order valence-electron chi connectivity index (χ3n) is 5.03. The number of aliphatic imine (C=N–C) groups is 1. The number of hydrogen-bond acceptors (Lipinski definition) is 6. The van der Waals surface area contributed by atoms with Crippen LogP contribution in [0.3, 0.4) is 0 Å². The summed E-state index contributed by atoms with van der Waals surface area (Å²) >= 11 is 0.722. The highest BCUT2D eigenvalue weighted by atomic mass is 32.2. The van der Waals surface area contributed by atoms with Crippen LogP contribution < -0.4 is 15.8 Å². The number of carbonyl (C=O) groups is 1. The van der Waals surface area contributed by atoms with E-state index >= 15 is 0 Å². The average Bonchev–Trinajstić information content (AvgIpc) is 2.72. The van der Waals surface area contributed by atoms with Crippen molar-refractivity contribution in [3.8, 4) is 5.75 Å². The second-order valence-electron chi connectivity index (χ2n) is 8.05. The fourth-order valence-electron chi connectivity index (χ4n) is 3.52. The maximum atomic E-state index is 14.7. The molecule has 2 heterocycles. The van der Waals surface area contributed by atoms with E-state index in [4.69, 9.17) is 5.73 Å². The van der Waals surface area contributed by atoms with Gasteiger partial charge in [0.1, 0.15) is 17.3 Å². The molecule has 13 heteroatoms. The van der Waals surface area contributed by atoms with Crippen LogP contribution in [0.15, 0.2) is 41.5 Å². The van der Waals surface area contributed by atoms with Crippen LogP contribution in [-0.2, 0) is 5.54 Å². The third-order valence-corrected chi connectivity index (χ3v) is 6.12. The average molecular weight is 506 g/mol. The zero-order chi connectivity index (χ0) is 25.3. The minimum atomic E-state index is -4.52. The van der Waals surface area contributed by atoms with Crippen molar-refractivity contribution >= 4 is 28.5 Å². The molecule has 1 amide bonds. The highest BCUT2D eigenvalue weighted by Crippen LogP contribution is 2.48. The monoisotopic (exact) mass is 506 g/mol. The highest BCUT2D eigenvalue weighted by Gasteiger charge is 2.48. The molecule has 1 aliphatic heterocycles. The summed E-state index contributed by atoms with van der Waals surface area (Å²) < 4.78 is 81.7. The molecule has 2 aromatic rings. The fraction of sp³-hybridized carbons (Fsp3) is 0.381. The van der Waals surface area contributed by atoms with Crippen LogP contribution in [0.25, 0.3) is 0 Å². The Hall–Kier alpha value is -2.96. The topological polar surface area (TPSA) is 89.6 Å². The summed E-state index contributed by atoms with van der Waals surface area (Å²) in [6.07, 6.45) is -6.52. The number of benzene rings is 1. The van der Waals surface area contributed by atoms with Crippen molar-refractivity contribution in [2.75, 3.05) is 11.9 Å². The molecular weight excluding hydrogens is 486 g/mol. The van der Waals surface area contributed by atoms with Gasteiger partial charge in [0.05, 0.1) is 16.5 Å². The molecule has 34 heavy (non-hydrogen) atoms. The first-order chi connectivity index (χ1) is 15.7. The molecule has 2 atom stereocenters. The molecular formula is C21H20F6N4O2S. The molecule has 0 saturated carbocycles. The first-order valence-electron chi connectivity index (χ1n) is 9.80. The number of nitrogens with one attached hydrogen (secondary N) is 1. The number of hydrogen-bond donors (Lipinski definition) is 2. The van der Waals surface area contributed by atoms with E-state index in [1.54, 1.807) is 0 Å². The van der Waals surface area contributed by atoms with Crippen LogP contribution in [0.1, 0.15) is 36.3 Å². The van der Waals surface area contributed by atoms with Gasteiger partial charge in [-0.15, -0.1) is 0 Å². The maximum absolute atomic E-state index is 14.7. The smallest absolute Gasteiger partial charge is 0.422 e. The molecule has 184 valence electrons. The van der Waals surface area contributed by atoms with Crippen LogP contribution in [0.4, 0.5) is 32.0 Å². The van der Waals surface area contributed by atoms with Crippen molar-refractivity contribution in [3.05, 3.63) is 53.6 Å². The maximum Gasteiger partial charge on any atom is 0.422 e. The first-order valence-corrected chi connectivity index (χ1v) is 10.6. The van der Waals surface area contributed by atoms with E-state index in [0.717, 1.165) is 36.2 Å². The number of aromatic nitrogens is 1. The summed E-state index contributed by atoms with van der Waals surface area (Å²) in [6.45, 7) is 1.29. The van der Waals surface area contributed by atoms with Crippen molar-refractivity contribution in [1.82, 2.24) is 4.98 Å². The van der Waals surface area contributed by atoms with Gasteiger partial charge in [-0.1, -0.05) is 11.8 Å². The van der Waals surface area contributed by atoms with E-state index in [1.807, 2.05) is 0 Å². The van der Waals surface area contributed by atoms with E-state index < -0.39 is 41.2 Å². The molecule has 0 radical (unpaired) electrons. The van der Waals surface area contributed by atoms with Crippen LogP contribution in [0, 0.1) is 5.82 Å². The molecule has 6 nitrogen and oxygen atoms in total. The van der Waals surface area contributed by atoms with E-state index in [9.17, 15) is 31.1 Å². The fourth-order valence-corrected chi connectivity index (χ4v) is 4.68. The van der Waals surface area contributed by atoms with Crippen LogP contribution in [0.5, 0.6) is 5.75 Å². The Morgan fingerprint density at radius 1 is 1.26 bits per heavy atom. The number of pyridine rings is 1. The van der Waals surface area contributed by atoms with Crippen molar-refractivity contribution in [3.63, 3.8) is 0 Å². The van der Waals surface area contributed by atoms with E-state index in [0.29, 0.717) is 0 Å². The zero-order valence-electron chi connectivity index (χ0n) is 17.9. The summed E-state index contributed by atoms with van der Waals surface area (Å²) in [6, 6.07) is 5.90. The van der Waals surface area contributed by atoms with Crippen molar-refractivity contribution < 1.29 is 35.9 Å². The summed E-state index contributed by atoms with van der Waals surface area (Å²) in [4.78, 5) is 20.5. The highest BCUT2D eigenvalue weighted by molar-refractivity contribution is 8.15. The van der Waals surface area contributed by atoms with Gasteiger partial charge in [0.2, 0.25) is 0 Å². The van der Waals surface area contributed by atoms with Gasteiger partial charge in [0.15, 0.2) is 11.8 Å². The predicted molar refractivity (Wildman–Crippen MR) is 116 cm³/mol. The van der Waals surface area contributed by atoms with E-state index in [1.165, 1.54) is 26.0 Å². The summed E-state index contributed by atoms with van der Waals surface area (Å²) in [5.74, 6) is -1.63. The predicted octanol–water partition coefficient (Wildman–Crippen LogP) is 5.10. The van der Waals surface area contributed by atoms with Gasteiger partial charge in [-0.05, 0) is 50.6 Å². The van der Waals surface area contributed by atoms with Gasteiger partial charge in [-0.3, -0.25) is 9.79 Å². The van der Waals surface area contributed by atoms with E-state index in [-0.39, 0.29) is 34.3 Å². The second-order valence-corrected chi connectivity index (χ2v) is 9.60. The number of rotatable bonds is 6. The number of amidine groups is 1. The zero-order valence-corrected chi connectivity index (χ0v) is 18.7. The van der Waals surface area contributed by atoms with Crippen LogP contribution in [0.2, 0.25) is 0 Å². The molecule has 0 spiro atoms. The Labute approximate surface area is 195 Å². The van der Waals surface area contributed by atoms with Gasteiger partial charge in [-0.2, -0.15) is 13.2 Å². The lowest BCUT2D eigenvalue weighted by Gasteiger charge is -2.40. The molecule has 1 aliphatic rings. The largest absolute Gasteiger partial charge is 0.483 e. The van der Waals surface area contributed by atoms with Gasteiger partial charge < -0.3 is 15.8 Å². The lowest BCUT2D eigenvalue weighted by atomic mass is 9.83. The third kappa shape index (κ3) is 5.93. The number of alkyl halides is 5. The molecule has 1 aromatic carbocycles. The van der Waals surface area contributed by atoms with Crippen molar-refractivity contribution in [1.29, 1.82) is 0 Å². The molecule has 0 fully saturated rings. The first kappa shape index (κ1) is 25.7. The van der Waals surface area contributed by atoms with Gasteiger partial charge >= 0.3 is 6.18 Å². The van der Waals surface area contributed by atoms with E-state index in [2.05, 4.69) is 20.0 Å². The standard InChI is InChI=1S/C21H20F6N4O2S/c1-19(9-20(2,17(23)24)34-18(28)31-19)13-7-11(3-5-14(13)22)30-16(32)15-6-4-12(8-29-15)33-10-21(25,26)27/h3-8,17H,9-10H2,1-2H3,(H2,28,31)(H,30,32)/t19-,20+/m0/s1. The molecule has 0 bridgehead atoms. The summed E-state index contributed by atoms with van der Waals surface area (Å²) in [7, 11) is 0. The SMILES string of the molecule is C[C@]1(C(F)F)C[C@@](C)(c2cc(NC(=O)c3ccc(OCC(F)(F)F)cn3)ccc2F)N=C(N)S1. The number of ether oxygens (including phenoxy) is 1. The normalized spacial score (nSPS) is 22.9. The molecule has 1 aromatic heterocycles. The Morgan fingerprint density at radius 3 is 2.56 bits per heavy atom. The molecule has 3 rings (SSSR count).